The molecule has 1 amide bonds. The number of alkyl carbamates (subject to hydrolysis) is 1. The summed E-state index contributed by atoms with van der Waals surface area (Å²) >= 11 is 0. The summed E-state index contributed by atoms with van der Waals surface area (Å²) in [5.41, 5.74) is 0. The molecule has 0 bridgehead atoms. The van der Waals surface area contributed by atoms with Crippen molar-refractivity contribution in [2.75, 3.05) is 13.2 Å². The molecule has 0 aliphatic heterocycles. The van der Waals surface area contributed by atoms with Gasteiger partial charge in [-0.3, -0.25) is 0 Å². The smallest absolute Gasteiger partial charge is 0.407 e. The summed E-state index contributed by atoms with van der Waals surface area (Å²) in [6.07, 6.45) is -1.60. The van der Waals surface area contributed by atoms with E-state index in [9.17, 15) is 9.59 Å². The van der Waals surface area contributed by atoms with Gasteiger partial charge in [-0.2, -0.15) is 0 Å². The molecule has 0 saturated heterocycles. The Morgan fingerprint density at radius 1 is 1.21 bits per heavy atom. The second-order valence-corrected chi connectivity index (χ2v) is 4.38. The minimum Gasteiger partial charge on any atom is -0.464 e. The fraction of sp³-hybridized carbons (Fsp3) is 0.833. The van der Waals surface area contributed by atoms with Crippen molar-refractivity contribution in [3.05, 3.63) is 0 Å². The number of carbonyl (C=O) groups excluding carboxylic acids is 2. The van der Waals surface area contributed by atoms with Gasteiger partial charge in [0.25, 0.3) is 0 Å². The van der Waals surface area contributed by atoms with Crippen molar-refractivity contribution in [1.82, 2.24) is 5.32 Å². The van der Waals surface area contributed by atoms with Crippen LogP contribution >= 0.6 is 0 Å². The van der Waals surface area contributed by atoms with Gasteiger partial charge in [0.15, 0.2) is 6.29 Å². The van der Waals surface area contributed by atoms with E-state index in [0.717, 1.165) is 0 Å². The lowest BCUT2D eigenvalue weighted by molar-refractivity contribution is -0.148. The molecule has 0 aliphatic rings. The third-order valence-corrected chi connectivity index (χ3v) is 2.32. The molecule has 7 nitrogen and oxygen atoms in total. The lowest BCUT2D eigenvalue weighted by Crippen LogP contribution is -2.45. The van der Waals surface area contributed by atoms with Crippen molar-refractivity contribution in [1.29, 1.82) is 0 Å². The van der Waals surface area contributed by atoms with Crippen molar-refractivity contribution in [2.45, 2.75) is 45.9 Å². The van der Waals surface area contributed by atoms with Crippen molar-refractivity contribution in [3.8, 4) is 0 Å². The molecule has 0 fully saturated rings. The molecule has 0 radical (unpaired) electrons. The highest BCUT2D eigenvalue weighted by atomic mass is 16.6. The standard InChI is InChI=1S/C12H23NO6/c1-4-18-12(17)13-10(8(2)3)11(16)19-7-5-6-9(14)15/h8-10,14-15H,4-7H2,1-3H3,(H,13,17)/t10-/m0/s1. The second kappa shape index (κ2) is 9.57. The minimum atomic E-state index is -1.41. The van der Waals surface area contributed by atoms with Gasteiger partial charge in [-0.15, -0.1) is 0 Å². The highest BCUT2D eigenvalue weighted by molar-refractivity contribution is 5.81. The maximum absolute atomic E-state index is 11.8. The van der Waals surface area contributed by atoms with Gasteiger partial charge in [0.2, 0.25) is 0 Å². The minimum absolute atomic E-state index is 0.0736. The normalized spacial score (nSPS) is 12.4. The van der Waals surface area contributed by atoms with Gasteiger partial charge in [-0.1, -0.05) is 13.8 Å². The predicted molar refractivity (Wildman–Crippen MR) is 67.2 cm³/mol. The van der Waals surface area contributed by atoms with Crippen LogP contribution in [0.3, 0.4) is 0 Å². The molecule has 19 heavy (non-hydrogen) atoms. The third-order valence-electron chi connectivity index (χ3n) is 2.32. The molecule has 0 heterocycles. The lowest BCUT2D eigenvalue weighted by atomic mass is 10.1. The van der Waals surface area contributed by atoms with Crippen LogP contribution in [0.4, 0.5) is 4.79 Å². The van der Waals surface area contributed by atoms with Gasteiger partial charge >= 0.3 is 12.1 Å². The molecular formula is C12H23NO6. The molecule has 0 spiro atoms. The topological polar surface area (TPSA) is 105 Å². The van der Waals surface area contributed by atoms with E-state index in [1.54, 1.807) is 20.8 Å². The van der Waals surface area contributed by atoms with E-state index < -0.39 is 24.4 Å². The van der Waals surface area contributed by atoms with E-state index in [-0.39, 0.29) is 25.6 Å². The summed E-state index contributed by atoms with van der Waals surface area (Å²) in [6.45, 7) is 5.51. The number of hydrogen-bond donors (Lipinski definition) is 3. The summed E-state index contributed by atoms with van der Waals surface area (Å²) in [7, 11) is 0. The van der Waals surface area contributed by atoms with E-state index >= 15 is 0 Å². The molecule has 0 aromatic carbocycles. The number of aliphatic hydroxyl groups is 2. The first-order valence-electron chi connectivity index (χ1n) is 6.34. The molecular weight excluding hydrogens is 254 g/mol. The number of rotatable bonds is 8. The molecule has 112 valence electrons. The van der Waals surface area contributed by atoms with Crippen LogP contribution in [-0.2, 0) is 14.3 Å². The predicted octanol–water partition coefficient (Wildman–Crippen LogP) is 0.391. The van der Waals surface area contributed by atoms with Gasteiger partial charge < -0.3 is 25.0 Å². The largest absolute Gasteiger partial charge is 0.464 e. The van der Waals surface area contributed by atoms with E-state index in [1.165, 1.54) is 0 Å². The lowest BCUT2D eigenvalue weighted by Gasteiger charge is -2.20. The van der Waals surface area contributed by atoms with Crippen LogP contribution in [0.2, 0.25) is 0 Å². The number of carbonyl (C=O) groups is 2. The third kappa shape index (κ3) is 8.39. The van der Waals surface area contributed by atoms with Gasteiger partial charge in [-0.25, -0.2) is 9.59 Å². The average molecular weight is 277 g/mol. The molecule has 0 aromatic heterocycles. The Morgan fingerprint density at radius 3 is 2.32 bits per heavy atom. The Morgan fingerprint density at radius 2 is 1.84 bits per heavy atom. The number of hydrogen-bond acceptors (Lipinski definition) is 6. The van der Waals surface area contributed by atoms with Gasteiger partial charge in [0, 0.05) is 6.42 Å². The first-order chi connectivity index (χ1) is 8.88. The Balaban J connectivity index is 4.15. The zero-order valence-corrected chi connectivity index (χ0v) is 11.6. The summed E-state index contributed by atoms with van der Waals surface area (Å²) in [5.74, 6) is -0.698. The van der Waals surface area contributed by atoms with E-state index in [4.69, 9.17) is 19.7 Å². The number of aliphatic hydroxyl groups excluding tert-OH is 1. The van der Waals surface area contributed by atoms with E-state index in [2.05, 4.69) is 5.32 Å². The van der Waals surface area contributed by atoms with Gasteiger partial charge in [0.05, 0.1) is 13.2 Å². The summed E-state index contributed by atoms with van der Waals surface area (Å²) < 4.78 is 9.67. The fourth-order valence-electron chi connectivity index (χ4n) is 1.33. The van der Waals surface area contributed by atoms with E-state index in [0.29, 0.717) is 6.42 Å². The number of nitrogens with one attached hydrogen (secondary N) is 1. The zero-order valence-electron chi connectivity index (χ0n) is 11.6. The maximum atomic E-state index is 11.8. The molecule has 0 rings (SSSR count). The van der Waals surface area contributed by atoms with Crippen molar-refractivity contribution in [2.24, 2.45) is 5.92 Å². The van der Waals surface area contributed by atoms with Crippen LogP contribution in [0.1, 0.15) is 33.6 Å². The Labute approximate surface area is 112 Å². The number of esters is 1. The maximum Gasteiger partial charge on any atom is 0.407 e. The van der Waals surface area contributed by atoms with Crippen LogP contribution in [0, 0.1) is 5.92 Å². The Kier molecular flexibility index (Phi) is 8.90. The fourth-order valence-corrected chi connectivity index (χ4v) is 1.33. The van der Waals surface area contributed by atoms with Crippen LogP contribution < -0.4 is 5.32 Å². The van der Waals surface area contributed by atoms with Gasteiger partial charge in [0.1, 0.15) is 6.04 Å². The first-order valence-corrected chi connectivity index (χ1v) is 6.34. The monoisotopic (exact) mass is 277 g/mol. The summed E-state index contributed by atoms with van der Waals surface area (Å²) in [6, 6.07) is -0.780. The molecule has 1 atom stereocenters. The summed E-state index contributed by atoms with van der Waals surface area (Å²) in [5, 5.41) is 19.7. The zero-order chi connectivity index (χ0) is 14.8. The molecule has 0 unspecified atom stereocenters. The second-order valence-electron chi connectivity index (χ2n) is 4.38. The van der Waals surface area contributed by atoms with Crippen LogP contribution in [0.15, 0.2) is 0 Å². The Bertz CT molecular complexity index is 279. The van der Waals surface area contributed by atoms with Crippen molar-refractivity contribution < 1.29 is 29.3 Å². The number of amides is 1. The first kappa shape index (κ1) is 17.7. The quantitative estimate of drug-likeness (QED) is 0.337. The number of ether oxygens (including phenoxy) is 2. The van der Waals surface area contributed by atoms with Gasteiger partial charge in [-0.05, 0) is 19.3 Å². The van der Waals surface area contributed by atoms with E-state index in [1.807, 2.05) is 0 Å². The molecule has 7 heteroatoms. The average Bonchev–Trinajstić information content (AvgIpc) is 2.31. The molecule has 0 aliphatic carbocycles. The molecule has 3 N–H and O–H groups in total. The highest BCUT2D eigenvalue weighted by Gasteiger charge is 2.26. The SMILES string of the molecule is CCOC(=O)N[C@H](C(=O)OCCCC(O)O)C(C)C. The Hall–Kier alpha value is -1.34. The van der Waals surface area contributed by atoms with Crippen LogP contribution in [0.5, 0.6) is 0 Å². The molecule has 0 aromatic rings. The molecule has 0 saturated carbocycles. The van der Waals surface area contributed by atoms with Crippen molar-refractivity contribution in [3.63, 3.8) is 0 Å². The van der Waals surface area contributed by atoms with Crippen LogP contribution in [-0.4, -0.2) is 47.8 Å². The summed E-state index contributed by atoms with van der Waals surface area (Å²) in [4.78, 5) is 23.0. The van der Waals surface area contributed by atoms with Crippen LogP contribution in [0.25, 0.3) is 0 Å². The van der Waals surface area contributed by atoms with Crippen molar-refractivity contribution >= 4 is 12.1 Å². The highest BCUT2D eigenvalue weighted by Crippen LogP contribution is 2.05.